The van der Waals surface area contributed by atoms with Crippen LogP contribution in [0.15, 0.2) is 18.5 Å². The van der Waals surface area contributed by atoms with Crippen LogP contribution in [0.4, 0.5) is 5.69 Å². The van der Waals surface area contributed by atoms with Gasteiger partial charge in [0, 0.05) is 18.1 Å². The van der Waals surface area contributed by atoms with Gasteiger partial charge < -0.3 is 5.73 Å². The Balaban J connectivity index is 2.06. The number of rotatable bonds is 3. The standard InChI is InChI=1S/C10H13N3O/c11-9-2-3-12-6-8(9)10(14)7-13-4-1-5-13/h2-3,6H,1,4-5,7H2,(H2,11,12). The Morgan fingerprint density at radius 2 is 2.36 bits per heavy atom. The van der Waals surface area contributed by atoms with E-state index in [1.54, 1.807) is 12.3 Å². The van der Waals surface area contributed by atoms with E-state index in [-0.39, 0.29) is 5.78 Å². The van der Waals surface area contributed by atoms with Crippen molar-refractivity contribution in [1.29, 1.82) is 0 Å². The summed E-state index contributed by atoms with van der Waals surface area (Å²) in [5.41, 5.74) is 6.74. The lowest BCUT2D eigenvalue weighted by molar-refractivity contribution is 0.0876. The average molecular weight is 191 g/mol. The van der Waals surface area contributed by atoms with E-state index in [4.69, 9.17) is 5.73 Å². The molecule has 0 radical (unpaired) electrons. The maximum atomic E-state index is 11.7. The number of Topliss-reactive ketones (excluding diaryl/α,β-unsaturated/α-hetero) is 1. The minimum Gasteiger partial charge on any atom is -0.398 e. The fourth-order valence-corrected chi connectivity index (χ4v) is 1.47. The molecule has 14 heavy (non-hydrogen) atoms. The third-order valence-electron chi connectivity index (χ3n) is 2.47. The quantitative estimate of drug-likeness (QED) is 0.709. The first-order chi connectivity index (χ1) is 6.77. The van der Waals surface area contributed by atoms with Crippen LogP contribution in [0.25, 0.3) is 0 Å². The van der Waals surface area contributed by atoms with Crippen molar-refractivity contribution >= 4 is 11.5 Å². The smallest absolute Gasteiger partial charge is 0.180 e. The molecule has 2 N–H and O–H groups in total. The van der Waals surface area contributed by atoms with Crippen LogP contribution in [0.1, 0.15) is 16.8 Å². The van der Waals surface area contributed by atoms with Crippen LogP contribution in [0.2, 0.25) is 0 Å². The Hall–Kier alpha value is -1.42. The van der Waals surface area contributed by atoms with E-state index in [1.807, 2.05) is 0 Å². The Bertz CT molecular complexity index is 347. The van der Waals surface area contributed by atoms with Crippen molar-refractivity contribution in [3.8, 4) is 0 Å². The monoisotopic (exact) mass is 191 g/mol. The molecule has 2 rings (SSSR count). The van der Waals surface area contributed by atoms with Crippen molar-refractivity contribution in [3.05, 3.63) is 24.0 Å². The molecule has 0 spiro atoms. The van der Waals surface area contributed by atoms with Crippen LogP contribution in [0.3, 0.4) is 0 Å². The van der Waals surface area contributed by atoms with Gasteiger partial charge in [0.25, 0.3) is 0 Å². The number of nitrogens with zero attached hydrogens (tertiary/aromatic N) is 2. The zero-order chi connectivity index (χ0) is 9.97. The number of carbonyl (C=O) groups is 1. The summed E-state index contributed by atoms with van der Waals surface area (Å²) in [5, 5.41) is 0. The Morgan fingerprint density at radius 3 is 2.93 bits per heavy atom. The number of hydrogen-bond donors (Lipinski definition) is 1. The second-order valence-corrected chi connectivity index (χ2v) is 3.52. The molecule has 0 aromatic carbocycles. The van der Waals surface area contributed by atoms with Gasteiger partial charge in [0.2, 0.25) is 0 Å². The van der Waals surface area contributed by atoms with Crippen molar-refractivity contribution in [2.75, 3.05) is 25.4 Å². The van der Waals surface area contributed by atoms with Gasteiger partial charge in [0.1, 0.15) is 0 Å². The topological polar surface area (TPSA) is 59.2 Å². The van der Waals surface area contributed by atoms with Crippen molar-refractivity contribution in [3.63, 3.8) is 0 Å². The molecule has 0 atom stereocenters. The molecule has 1 aliphatic rings. The largest absolute Gasteiger partial charge is 0.398 e. The third-order valence-corrected chi connectivity index (χ3v) is 2.47. The first-order valence-electron chi connectivity index (χ1n) is 4.72. The normalized spacial score (nSPS) is 16.3. The van der Waals surface area contributed by atoms with Crippen LogP contribution >= 0.6 is 0 Å². The molecule has 1 saturated heterocycles. The minimum absolute atomic E-state index is 0.0651. The number of likely N-dealkylation sites (tertiary alicyclic amines) is 1. The molecule has 2 heterocycles. The summed E-state index contributed by atoms with van der Waals surface area (Å²) in [6, 6.07) is 1.66. The highest BCUT2D eigenvalue weighted by atomic mass is 16.1. The SMILES string of the molecule is Nc1ccncc1C(=O)CN1CCC1. The lowest BCUT2D eigenvalue weighted by atomic mass is 10.1. The zero-order valence-corrected chi connectivity index (χ0v) is 7.94. The predicted molar refractivity (Wildman–Crippen MR) is 54.0 cm³/mol. The van der Waals surface area contributed by atoms with Gasteiger partial charge >= 0.3 is 0 Å². The number of nitrogens with two attached hydrogens (primary N) is 1. The van der Waals surface area contributed by atoms with E-state index in [1.165, 1.54) is 12.6 Å². The highest BCUT2D eigenvalue weighted by molar-refractivity contribution is 6.01. The summed E-state index contributed by atoms with van der Waals surface area (Å²) in [4.78, 5) is 17.7. The van der Waals surface area contributed by atoms with E-state index >= 15 is 0 Å². The molecular weight excluding hydrogens is 178 g/mol. The van der Waals surface area contributed by atoms with Crippen LogP contribution in [0, 0.1) is 0 Å². The average Bonchev–Trinajstić information content (AvgIpc) is 2.12. The molecule has 1 fully saturated rings. The lowest BCUT2D eigenvalue weighted by Gasteiger charge is -2.29. The summed E-state index contributed by atoms with van der Waals surface area (Å²) >= 11 is 0. The number of carbonyl (C=O) groups excluding carboxylic acids is 1. The second kappa shape index (κ2) is 3.75. The number of pyridine rings is 1. The number of hydrogen-bond acceptors (Lipinski definition) is 4. The highest BCUT2D eigenvalue weighted by Gasteiger charge is 2.19. The lowest BCUT2D eigenvalue weighted by Crippen LogP contribution is -2.40. The van der Waals surface area contributed by atoms with Crippen molar-refractivity contribution in [1.82, 2.24) is 9.88 Å². The Morgan fingerprint density at radius 1 is 1.57 bits per heavy atom. The molecule has 1 aliphatic heterocycles. The summed E-state index contributed by atoms with van der Waals surface area (Å²) < 4.78 is 0. The number of nitrogen functional groups attached to an aromatic ring is 1. The van der Waals surface area contributed by atoms with Crippen molar-refractivity contribution < 1.29 is 4.79 Å². The van der Waals surface area contributed by atoms with Crippen LogP contribution < -0.4 is 5.73 Å². The zero-order valence-electron chi connectivity index (χ0n) is 7.94. The van der Waals surface area contributed by atoms with Crippen LogP contribution in [-0.2, 0) is 0 Å². The second-order valence-electron chi connectivity index (χ2n) is 3.52. The molecule has 1 aromatic heterocycles. The number of aromatic nitrogens is 1. The van der Waals surface area contributed by atoms with Crippen LogP contribution in [-0.4, -0.2) is 35.3 Å². The fraction of sp³-hybridized carbons (Fsp3) is 0.400. The summed E-state index contributed by atoms with van der Waals surface area (Å²) in [6.07, 6.45) is 4.32. The molecule has 0 saturated carbocycles. The van der Waals surface area contributed by atoms with Gasteiger partial charge in [-0.2, -0.15) is 0 Å². The molecule has 0 amide bonds. The van der Waals surface area contributed by atoms with Gasteiger partial charge in [-0.15, -0.1) is 0 Å². The molecule has 0 unspecified atom stereocenters. The van der Waals surface area contributed by atoms with Gasteiger partial charge in [-0.1, -0.05) is 0 Å². The van der Waals surface area contributed by atoms with E-state index < -0.39 is 0 Å². The maximum Gasteiger partial charge on any atom is 0.180 e. The molecular formula is C10H13N3O. The van der Waals surface area contributed by atoms with Gasteiger partial charge in [-0.25, -0.2) is 0 Å². The van der Waals surface area contributed by atoms with Crippen LogP contribution in [0.5, 0.6) is 0 Å². The van der Waals surface area contributed by atoms with Gasteiger partial charge in [-0.05, 0) is 25.6 Å². The number of ketones is 1. The third kappa shape index (κ3) is 1.75. The fourth-order valence-electron chi connectivity index (χ4n) is 1.47. The number of anilines is 1. The van der Waals surface area contributed by atoms with Gasteiger partial charge in [-0.3, -0.25) is 14.7 Å². The van der Waals surface area contributed by atoms with Gasteiger partial charge in [0.05, 0.1) is 12.1 Å². The Kier molecular flexibility index (Phi) is 2.45. The van der Waals surface area contributed by atoms with E-state index in [2.05, 4.69) is 9.88 Å². The summed E-state index contributed by atoms with van der Waals surface area (Å²) in [5.74, 6) is 0.0651. The van der Waals surface area contributed by atoms with E-state index in [9.17, 15) is 4.79 Å². The molecule has 0 aliphatic carbocycles. The Labute approximate surface area is 82.7 Å². The predicted octanol–water partition coefficient (Wildman–Crippen LogP) is 0.552. The van der Waals surface area contributed by atoms with Gasteiger partial charge in [0.15, 0.2) is 5.78 Å². The summed E-state index contributed by atoms with van der Waals surface area (Å²) in [6.45, 7) is 2.51. The first kappa shape index (κ1) is 9.15. The summed E-state index contributed by atoms with van der Waals surface area (Å²) in [7, 11) is 0. The molecule has 0 bridgehead atoms. The highest BCUT2D eigenvalue weighted by Crippen LogP contribution is 2.12. The molecule has 74 valence electrons. The molecule has 4 nitrogen and oxygen atoms in total. The van der Waals surface area contributed by atoms with E-state index in [0.29, 0.717) is 17.8 Å². The molecule has 4 heteroatoms. The first-order valence-corrected chi connectivity index (χ1v) is 4.72. The minimum atomic E-state index is 0.0651. The van der Waals surface area contributed by atoms with E-state index in [0.717, 1.165) is 13.1 Å². The maximum absolute atomic E-state index is 11.7. The van der Waals surface area contributed by atoms with Crippen molar-refractivity contribution in [2.24, 2.45) is 0 Å². The van der Waals surface area contributed by atoms with Crippen molar-refractivity contribution in [2.45, 2.75) is 6.42 Å². The molecule has 1 aromatic rings.